The molecule has 60 valence electrons. The molecule has 1 N–H and O–H groups in total. The lowest BCUT2D eigenvalue weighted by molar-refractivity contribution is -0.255. The SMILES string of the molecule is O=C([O-])c1cnc(C(F)F)[nH]1. The Labute approximate surface area is 59.9 Å². The maximum absolute atomic E-state index is 11.7. The van der Waals surface area contributed by atoms with Crippen LogP contribution in [0.5, 0.6) is 0 Å². The highest BCUT2D eigenvalue weighted by Gasteiger charge is 2.10. The number of aromatic amines is 1. The summed E-state index contributed by atoms with van der Waals surface area (Å²) < 4.78 is 23.5. The predicted molar refractivity (Wildman–Crippen MR) is 27.9 cm³/mol. The third-order valence-electron chi connectivity index (χ3n) is 1.02. The zero-order chi connectivity index (χ0) is 8.43. The van der Waals surface area contributed by atoms with Crippen molar-refractivity contribution in [3.05, 3.63) is 17.7 Å². The van der Waals surface area contributed by atoms with Gasteiger partial charge in [-0.2, -0.15) is 0 Å². The first kappa shape index (κ1) is 7.64. The van der Waals surface area contributed by atoms with Gasteiger partial charge in [0.05, 0.1) is 17.9 Å². The van der Waals surface area contributed by atoms with E-state index in [2.05, 4.69) is 4.98 Å². The lowest BCUT2D eigenvalue weighted by atomic mass is 10.5. The molecule has 0 amide bonds. The first-order chi connectivity index (χ1) is 5.11. The standard InChI is InChI=1S/C5H4F2N2O2/c6-3(7)4-8-1-2(9-4)5(10)11/h1,3H,(H,8,9)(H,10,11)/p-1. The van der Waals surface area contributed by atoms with Crippen LogP contribution in [0.4, 0.5) is 8.78 Å². The average Bonchev–Trinajstić information content (AvgIpc) is 2.33. The van der Waals surface area contributed by atoms with Gasteiger partial charge in [0, 0.05) is 0 Å². The highest BCUT2D eigenvalue weighted by molar-refractivity contribution is 5.83. The van der Waals surface area contributed by atoms with Crippen molar-refractivity contribution in [3.8, 4) is 0 Å². The highest BCUT2D eigenvalue weighted by atomic mass is 19.3. The zero-order valence-corrected chi connectivity index (χ0v) is 5.17. The molecule has 0 saturated carbocycles. The van der Waals surface area contributed by atoms with Crippen molar-refractivity contribution in [1.82, 2.24) is 9.97 Å². The summed E-state index contributed by atoms with van der Waals surface area (Å²) in [5.41, 5.74) is -0.444. The summed E-state index contributed by atoms with van der Waals surface area (Å²) in [5, 5.41) is 10.0. The zero-order valence-electron chi connectivity index (χ0n) is 5.17. The summed E-state index contributed by atoms with van der Waals surface area (Å²) in [4.78, 5) is 15.0. The van der Waals surface area contributed by atoms with E-state index in [1.807, 2.05) is 4.98 Å². The molecule has 0 radical (unpaired) electrons. The number of carboxylic acids is 1. The number of aromatic nitrogens is 2. The number of carbonyl (C=O) groups is 1. The fraction of sp³-hybridized carbons (Fsp3) is 0.200. The van der Waals surface area contributed by atoms with Gasteiger partial charge in [-0.25, -0.2) is 13.8 Å². The van der Waals surface area contributed by atoms with Gasteiger partial charge < -0.3 is 14.9 Å². The number of aromatic carboxylic acids is 1. The van der Waals surface area contributed by atoms with Gasteiger partial charge in [-0.3, -0.25) is 0 Å². The fourth-order valence-electron chi connectivity index (χ4n) is 0.551. The van der Waals surface area contributed by atoms with Crippen molar-refractivity contribution in [1.29, 1.82) is 0 Å². The van der Waals surface area contributed by atoms with Gasteiger partial charge in [0.25, 0.3) is 6.43 Å². The summed E-state index contributed by atoms with van der Waals surface area (Å²) in [6, 6.07) is 0. The number of nitrogens with one attached hydrogen (secondary N) is 1. The quantitative estimate of drug-likeness (QED) is 0.647. The molecule has 0 aliphatic heterocycles. The minimum absolute atomic E-state index is 0.444. The van der Waals surface area contributed by atoms with Crippen LogP contribution in [-0.4, -0.2) is 15.9 Å². The van der Waals surface area contributed by atoms with Crippen molar-refractivity contribution < 1.29 is 18.7 Å². The average molecular weight is 161 g/mol. The highest BCUT2D eigenvalue weighted by Crippen LogP contribution is 2.13. The largest absolute Gasteiger partial charge is 0.543 e. The van der Waals surface area contributed by atoms with E-state index in [0.29, 0.717) is 0 Å². The smallest absolute Gasteiger partial charge is 0.295 e. The van der Waals surface area contributed by atoms with E-state index in [0.717, 1.165) is 6.20 Å². The van der Waals surface area contributed by atoms with Crippen LogP contribution in [0.1, 0.15) is 22.7 Å². The third kappa shape index (κ3) is 1.51. The molecule has 0 atom stereocenters. The Bertz CT molecular complexity index is 271. The first-order valence-electron chi connectivity index (χ1n) is 2.65. The van der Waals surface area contributed by atoms with Gasteiger partial charge in [-0.1, -0.05) is 0 Å². The topological polar surface area (TPSA) is 68.8 Å². The Balaban J connectivity index is 2.90. The molecule has 1 aromatic rings. The molecule has 0 spiro atoms. The number of nitrogens with zero attached hydrogens (tertiary/aromatic N) is 1. The summed E-state index contributed by atoms with van der Waals surface area (Å²) in [6.07, 6.45) is -2.00. The van der Waals surface area contributed by atoms with Crippen LogP contribution in [0.15, 0.2) is 6.20 Å². The van der Waals surface area contributed by atoms with Crippen LogP contribution in [0.2, 0.25) is 0 Å². The molecular weight excluding hydrogens is 158 g/mol. The monoisotopic (exact) mass is 161 g/mol. The van der Waals surface area contributed by atoms with Crippen LogP contribution in [0.3, 0.4) is 0 Å². The van der Waals surface area contributed by atoms with E-state index in [1.165, 1.54) is 0 Å². The predicted octanol–water partition coefficient (Wildman–Crippen LogP) is -0.289. The number of rotatable bonds is 2. The van der Waals surface area contributed by atoms with Crippen molar-refractivity contribution in [2.24, 2.45) is 0 Å². The van der Waals surface area contributed by atoms with E-state index < -0.39 is 23.9 Å². The Hall–Kier alpha value is -1.46. The van der Waals surface area contributed by atoms with E-state index in [9.17, 15) is 18.7 Å². The van der Waals surface area contributed by atoms with Crippen molar-refractivity contribution in [3.63, 3.8) is 0 Å². The van der Waals surface area contributed by atoms with Crippen LogP contribution < -0.4 is 5.11 Å². The van der Waals surface area contributed by atoms with Crippen LogP contribution in [-0.2, 0) is 0 Å². The van der Waals surface area contributed by atoms with Gasteiger partial charge in [0.2, 0.25) is 0 Å². The number of H-pyrrole nitrogens is 1. The summed E-state index contributed by atoms with van der Waals surface area (Å²) in [6.45, 7) is 0. The first-order valence-corrected chi connectivity index (χ1v) is 2.65. The molecule has 0 aliphatic carbocycles. The van der Waals surface area contributed by atoms with E-state index in [-0.39, 0.29) is 0 Å². The third-order valence-corrected chi connectivity index (χ3v) is 1.02. The number of imidazole rings is 1. The molecule has 0 saturated heterocycles. The van der Waals surface area contributed by atoms with Crippen molar-refractivity contribution in [2.75, 3.05) is 0 Å². The molecule has 0 aliphatic rings. The van der Waals surface area contributed by atoms with Gasteiger partial charge >= 0.3 is 0 Å². The van der Waals surface area contributed by atoms with E-state index in [1.54, 1.807) is 0 Å². The molecule has 11 heavy (non-hydrogen) atoms. The minimum Gasteiger partial charge on any atom is -0.543 e. The normalized spacial score (nSPS) is 10.5. The molecule has 0 bridgehead atoms. The van der Waals surface area contributed by atoms with Gasteiger partial charge in [-0.15, -0.1) is 0 Å². The lowest BCUT2D eigenvalue weighted by Crippen LogP contribution is -2.22. The van der Waals surface area contributed by atoms with Gasteiger partial charge in [0.15, 0.2) is 5.82 Å². The molecule has 0 fully saturated rings. The summed E-state index contributed by atoms with van der Waals surface area (Å²) in [5.74, 6) is -2.21. The van der Waals surface area contributed by atoms with Gasteiger partial charge in [-0.05, 0) is 0 Å². The molecule has 6 heteroatoms. The lowest BCUT2D eigenvalue weighted by Gasteiger charge is -1.94. The molecule has 1 rings (SSSR count). The number of carboxylic acid groups (broad SMARTS) is 1. The van der Waals surface area contributed by atoms with Crippen molar-refractivity contribution >= 4 is 5.97 Å². The summed E-state index contributed by atoms with van der Waals surface area (Å²) >= 11 is 0. The number of halogens is 2. The minimum atomic E-state index is -2.79. The van der Waals surface area contributed by atoms with Crippen LogP contribution in [0.25, 0.3) is 0 Å². The van der Waals surface area contributed by atoms with Crippen LogP contribution in [0, 0.1) is 0 Å². The van der Waals surface area contributed by atoms with Gasteiger partial charge in [0.1, 0.15) is 0 Å². The van der Waals surface area contributed by atoms with Crippen molar-refractivity contribution in [2.45, 2.75) is 6.43 Å². The second kappa shape index (κ2) is 2.65. The van der Waals surface area contributed by atoms with Crippen LogP contribution >= 0.6 is 0 Å². The molecule has 0 unspecified atom stereocenters. The Morgan fingerprint density at radius 3 is 2.64 bits per heavy atom. The number of carbonyl (C=O) groups excluding carboxylic acids is 1. The number of hydrogen-bond donors (Lipinski definition) is 1. The Morgan fingerprint density at radius 1 is 1.73 bits per heavy atom. The molecule has 1 heterocycles. The number of hydrogen-bond acceptors (Lipinski definition) is 3. The summed E-state index contributed by atoms with van der Waals surface area (Å²) in [7, 11) is 0. The van der Waals surface area contributed by atoms with E-state index >= 15 is 0 Å². The molecule has 4 nitrogen and oxygen atoms in total. The second-order valence-electron chi connectivity index (χ2n) is 1.77. The fourth-order valence-corrected chi connectivity index (χ4v) is 0.551. The molecule has 0 aromatic carbocycles. The maximum atomic E-state index is 11.7. The maximum Gasteiger partial charge on any atom is 0.295 e. The van der Waals surface area contributed by atoms with E-state index in [4.69, 9.17) is 0 Å². The Morgan fingerprint density at radius 2 is 2.36 bits per heavy atom. The second-order valence-corrected chi connectivity index (χ2v) is 1.77. The Kier molecular flexibility index (Phi) is 1.84. The molecular formula is C5H3F2N2O2-. The molecule has 1 aromatic heterocycles. The number of alkyl halides is 2.